The highest BCUT2D eigenvalue weighted by molar-refractivity contribution is 5.98. The van der Waals surface area contributed by atoms with Crippen molar-refractivity contribution in [1.82, 2.24) is 0 Å². The molecule has 0 fully saturated rings. The lowest BCUT2D eigenvalue weighted by Crippen LogP contribution is -2.10. The molecule has 2 aromatic carbocycles. The molecule has 1 aliphatic rings. The van der Waals surface area contributed by atoms with Crippen LogP contribution in [0, 0.1) is 27.7 Å². The van der Waals surface area contributed by atoms with Crippen LogP contribution < -0.4 is 9.47 Å². The Labute approximate surface area is 132 Å². The van der Waals surface area contributed by atoms with Crippen LogP contribution in [-0.4, -0.2) is 21.3 Å². The fourth-order valence-electron chi connectivity index (χ4n) is 2.65. The number of aromatic hydroxyl groups is 3. The predicted octanol–water partition coefficient (Wildman–Crippen LogP) is 3.36. The highest BCUT2D eigenvalue weighted by atomic mass is 16.6. The molecule has 23 heavy (non-hydrogen) atoms. The molecule has 0 saturated carbocycles. The first-order valence-corrected chi connectivity index (χ1v) is 7.02. The topological polar surface area (TPSA) is 96.2 Å². The summed E-state index contributed by atoms with van der Waals surface area (Å²) in [4.78, 5) is 12.5. The van der Waals surface area contributed by atoms with Crippen LogP contribution in [0.2, 0.25) is 0 Å². The molecule has 0 unspecified atom stereocenters. The van der Waals surface area contributed by atoms with Gasteiger partial charge < -0.3 is 24.8 Å². The Balaban J connectivity index is 2.37. The molecule has 0 aliphatic carbocycles. The van der Waals surface area contributed by atoms with E-state index in [1.54, 1.807) is 13.8 Å². The molecule has 0 amide bonds. The van der Waals surface area contributed by atoms with Gasteiger partial charge in [-0.25, -0.2) is 4.79 Å². The molecular weight excluding hydrogens is 300 g/mol. The summed E-state index contributed by atoms with van der Waals surface area (Å²) >= 11 is 0. The van der Waals surface area contributed by atoms with E-state index in [1.165, 1.54) is 19.9 Å². The molecule has 0 spiro atoms. The van der Waals surface area contributed by atoms with Gasteiger partial charge in [-0.2, -0.15) is 0 Å². The number of ether oxygens (including phenoxy) is 2. The van der Waals surface area contributed by atoms with E-state index in [1.807, 2.05) is 0 Å². The maximum atomic E-state index is 12.5. The average molecular weight is 316 g/mol. The summed E-state index contributed by atoms with van der Waals surface area (Å²) in [5, 5.41) is 29.9. The quantitative estimate of drug-likeness (QED) is 0.392. The number of hydrogen-bond donors (Lipinski definition) is 3. The second-order valence-corrected chi connectivity index (χ2v) is 5.64. The Morgan fingerprint density at radius 2 is 1.30 bits per heavy atom. The number of esters is 1. The highest BCUT2D eigenvalue weighted by Crippen LogP contribution is 2.51. The zero-order valence-corrected chi connectivity index (χ0v) is 13.1. The van der Waals surface area contributed by atoms with Gasteiger partial charge in [0, 0.05) is 16.7 Å². The van der Waals surface area contributed by atoms with Gasteiger partial charge in [-0.15, -0.1) is 0 Å². The van der Waals surface area contributed by atoms with E-state index < -0.39 is 5.97 Å². The zero-order valence-electron chi connectivity index (χ0n) is 13.1. The average Bonchev–Trinajstić information content (AvgIpc) is 2.65. The summed E-state index contributed by atoms with van der Waals surface area (Å²) in [6.07, 6.45) is 0. The Kier molecular flexibility index (Phi) is 3.14. The fraction of sp³-hybridized carbons (Fsp3) is 0.235. The van der Waals surface area contributed by atoms with Crippen molar-refractivity contribution in [2.75, 3.05) is 0 Å². The van der Waals surface area contributed by atoms with Crippen LogP contribution in [0.5, 0.6) is 34.5 Å². The van der Waals surface area contributed by atoms with Gasteiger partial charge in [0.05, 0.1) is 0 Å². The Morgan fingerprint density at radius 3 is 1.87 bits per heavy atom. The van der Waals surface area contributed by atoms with E-state index in [-0.39, 0.29) is 51.2 Å². The summed E-state index contributed by atoms with van der Waals surface area (Å²) in [7, 11) is 0. The molecule has 0 aromatic heterocycles. The minimum Gasteiger partial charge on any atom is -0.508 e. The van der Waals surface area contributed by atoms with E-state index >= 15 is 0 Å². The third-order valence-electron chi connectivity index (χ3n) is 4.12. The van der Waals surface area contributed by atoms with Crippen molar-refractivity contribution in [3.8, 4) is 34.5 Å². The number of benzene rings is 2. The summed E-state index contributed by atoms with van der Waals surface area (Å²) < 4.78 is 11.2. The molecule has 0 bridgehead atoms. The lowest BCUT2D eigenvalue weighted by Gasteiger charge is -2.16. The molecular formula is C17H16O6. The van der Waals surface area contributed by atoms with Gasteiger partial charge in [-0.3, -0.25) is 0 Å². The first-order chi connectivity index (χ1) is 10.7. The van der Waals surface area contributed by atoms with Crippen LogP contribution in [0.1, 0.15) is 32.6 Å². The highest BCUT2D eigenvalue weighted by Gasteiger charge is 2.32. The summed E-state index contributed by atoms with van der Waals surface area (Å²) in [6.45, 7) is 6.33. The summed E-state index contributed by atoms with van der Waals surface area (Å²) in [5.41, 5.74) is 1.53. The lowest BCUT2D eigenvalue weighted by molar-refractivity contribution is 0.0735. The van der Waals surface area contributed by atoms with Crippen LogP contribution >= 0.6 is 0 Å². The number of carbonyl (C=O) groups is 1. The summed E-state index contributed by atoms with van der Waals surface area (Å²) in [6, 6.07) is 1.46. The largest absolute Gasteiger partial charge is 0.508 e. The number of carbonyl (C=O) groups excluding carboxylic acids is 1. The fourth-order valence-corrected chi connectivity index (χ4v) is 2.65. The summed E-state index contributed by atoms with van der Waals surface area (Å²) in [5.74, 6) is -0.980. The van der Waals surface area contributed by atoms with Crippen LogP contribution in [0.4, 0.5) is 0 Å². The molecule has 0 atom stereocenters. The number of phenolic OH excluding ortho intramolecular Hbond substituents is 3. The third-order valence-corrected chi connectivity index (χ3v) is 4.12. The van der Waals surface area contributed by atoms with Crippen molar-refractivity contribution in [3.05, 3.63) is 33.9 Å². The van der Waals surface area contributed by atoms with Crippen LogP contribution in [0.25, 0.3) is 0 Å². The van der Waals surface area contributed by atoms with Gasteiger partial charge in [-0.1, -0.05) is 0 Å². The number of phenols is 3. The molecule has 6 heteroatoms. The Bertz CT molecular complexity index is 867. The molecule has 120 valence electrons. The first-order valence-electron chi connectivity index (χ1n) is 7.02. The molecule has 2 aromatic rings. The first kappa shape index (κ1) is 15.0. The monoisotopic (exact) mass is 316 g/mol. The lowest BCUT2D eigenvalue weighted by atomic mass is 10.0. The van der Waals surface area contributed by atoms with Gasteiger partial charge in [-0.05, 0) is 39.3 Å². The standard InChI is InChI=1S/C17H16O6/c1-6-5-10(18)7(2)14-11(6)17(21)23-16-9(4)13(20)12(19)8(3)15(16)22-14/h5,18-20H,1-4H3. The maximum absolute atomic E-state index is 12.5. The van der Waals surface area contributed by atoms with Gasteiger partial charge in [0.1, 0.15) is 17.1 Å². The van der Waals surface area contributed by atoms with Gasteiger partial charge >= 0.3 is 5.97 Å². The van der Waals surface area contributed by atoms with Crippen molar-refractivity contribution in [1.29, 1.82) is 0 Å². The predicted molar refractivity (Wildman–Crippen MR) is 81.9 cm³/mol. The van der Waals surface area contributed by atoms with E-state index in [2.05, 4.69) is 0 Å². The van der Waals surface area contributed by atoms with Crippen molar-refractivity contribution < 1.29 is 29.6 Å². The van der Waals surface area contributed by atoms with Crippen molar-refractivity contribution in [2.24, 2.45) is 0 Å². The second-order valence-electron chi connectivity index (χ2n) is 5.64. The van der Waals surface area contributed by atoms with Crippen molar-refractivity contribution in [3.63, 3.8) is 0 Å². The van der Waals surface area contributed by atoms with Crippen LogP contribution in [0.15, 0.2) is 6.07 Å². The van der Waals surface area contributed by atoms with E-state index in [0.717, 1.165) is 0 Å². The van der Waals surface area contributed by atoms with E-state index in [4.69, 9.17) is 9.47 Å². The van der Waals surface area contributed by atoms with E-state index in [0.29, 0.717) is 11.1 Å². The third kappa shape index (κ3) is 1.98. The van der Waals surface area contributed by atoms with E-state index in [9.17, 15) is 20.1 Å². The van der Waals surface area contributed by atoms with Gasteiger partial charge in [0.2, 0.25) is 0 Å². The Morgan fingerprint density at radius 1 is 0.783 bits per heavy atom. The number of hydrogen-bond acceptors (Lipinski definition) is 6. The normalized spacial score (nSPS) is 12.8. The number of fused-ring (bicyclic) bond motifs is 2. The molecule has 6 nitrogen and oxygen atoms in total. The maximum Gasteiger partial charge on any atom is 0.347 e. The molecule has 1 heterocycles. The van der Waals surface area contributed by atoms with Crippen molar-refractivity contribution in [2.45, 2.75) is 27.7 Å². The van der Waals surface area contributed by atoms with Crippen LogP contribution in [-0.2, 0) is 0 Å². The minimum atomic E-state index is -0.646. The number of rotatable bonds is 0. The smallest absolute Gasteiger partial charge is 0.347 e. The van der Waals surface area contributed by atoms with Gasteiger partial charge in [0.25, 0.3) is 0 Å². The minimum absolute atomic E-state index is 0.00475. The SMILES string of the molecule is Cc1cc(O)c(C)c2c1C(=O)Oc1c(C)c(O)c(O)c(C)c1O2. The van der Waals surface area contributed by atoms with Gasteiger partial charge in [0.15, 0.2) is 23.0 Å². The molecule has 1 aliphatic heterocycles. The second kappa shape index (κ2) is 4.81. The molecule has 0 radical (unpaired) electrons. The molecule has 3 rings (SSSR count). The Hall–Kier alpha value is -2.89. The van der Waals surface area contributed by atoms with Crippen LogP contribution in [0.3, 0.4) is 0 Å². The molecule has 3 N–H and O–H groups in total. The van der Waals surface area contributed by atoms with Crippen molar-refractivity contribution >= 4 is 5.97 Å². The number of aryl methyl sites for hydroxylation is 1. The molecule has 0 saturated heterocycles. The zero-order chi connectivity index (χ0) is 17.0.